The third-order valence-corrected chi connectivity index (χ3v) is 3.28. The molecule has 2 atom stereocenters. The molecular weight excluding hydrogens is 208 g/mol. The van der Waals surface area contributed by atoms with Gasteiger partial charge in [-0.25, -0.2) is 0 Å². The predicted octanol–water partition coefficient (Wildman–Crippen LogP) is 0.402. The Kier molecular flexibility index (Phi) is 4.29. The van der Waals surface area contributed by atoms with Gasteiger partial charge in [-0.1, -0.05) is 6.92 Å². The Morgan fingerprint density at radius 1 is 1.56 bits per heavy atom. The highest BCUT2D eigenvalue weighted by Crippen LogP contribution is 2.18. The zero-order valence-corrected chi connectivity index (χ0v) is 10.1. The minimum atomic E-state index is -0.915. The lowest BCUT2D eigenvalue weighted by Gasteiger charge is -2.41. The van der Waals surface area contributed by atoms with E-state index < -0.39 is 12.0 Å². The number of piperazine rings is 1. The molecule has 1 rings (SSSR count). The van der Waals surface area contributed by atoms with Crippen molar-refractivity contribution in [1.82, 2.24) is 9.80 Å². The number of likely N-dealkylation sites (N-methyl/N-ethyl adjacent to an activating group) is 1. The third-order valence-electron chi connectivity index (χ3n) is 3.28. The predicted molar refractivity (Wildman–Crippen MR) is 60.1 cm³/mol. The molecular formula is C11H20N2O3. The molecule has 0 aromatic rings. The second-order valence-corrected chi connectivity index (χ2v) is 4.37. The van der Waals surface area contributed by atoms with Crippen molar-refractivity contribution in [1.29, 1.82) is 0 Å². The van der Waals surface area contributed by atoms with Gasteiger partial charge in [0.25, 0.3) is 0 Å². The van der Waals surface area contributed by atoms with Crippen molar-refractivity contribution in [3.63, 3.8) is 0 Å². The van der Waals surface area contributed by atoms with Crippen LogP contribution in [0, 0.1) is 0 Å². The summed E-state index contributed by atoms with van der Waals surface area (Å²) >= 11 is 0. The number of rotatable bonds is 4. The smallest absolute Gasteiger partial charge is 0.305 e. The Morgan fingerprint density at radius 3 is 2.69 bits per heavy atom. The zero-order valence-electron chi connectivity index (χ0n) is 10.1. The first-order chi connectivity index (χ1) is 7.47. The zero-order chi connectivity index (χ0) is 12.3. The first-order valence-corrected chi connectivity index (χ1v) is 5.69. The average molecular weight is 228 g/mol. The van der Waals surface area contributed by atoms with Gasteiger partial charge in [0, 0.05) is 26.2 Å². The number of carbonyl (C=O) groups excluding carboxylic acids is 1. The summed E-state index contributed by atoms with van der Waals surface area (Å²) in [6, 6.07) is -0.242. The maximum atomic E-state index is 11.9. The molecule has 1 aliphatic heterocycles. The molecule has 2 unspecified atom stereocenters. The SMILES string of the molecule is CCC(C)N1CCN(C)C(=O)C1CC(=O)O. The van der Waals surface area contributed by atoms with E-state index in [1.54, 1.807) is 11.9 Å². The summed E-state index contributed by atoms with van der Waals surface area (Å²) in [5, 5.41) is 8.84. The van der Waals surface area contributed by atoms with Gasteiger partial charge in [-0.15, -0.1) is 0 Å². The largest absolute Gasteiger partial charge is 0.481 e. The van der Waals surface area contributed by atoms with Gasteiger partial charge >= 0.3 is 5.97 Å². The number of carboxylic acids is 1. The van der Waals surface area contributed by atoms with Crippen LogP contribution < -0.4 is 0 Å². The molecule has 5 nitrogen and oxygen atoms in total. The summed E-state index contributed by atoms with van der Waals surface area (Å²) in [4.78, 5) is 26.3. The normalized spacial score (nSPS) is 24.6. The van der Waals surface area contributed by atoms with Crippen molar-refractivity contribution in [2.24, 2.45) is 0 Å². The van der Waals surface area contributed by atoms with Crippen LogP contribution in [0.5, 0.6) is 0 Å². The second-order valence-electron chi connectivity index (χ2n) is 4.37. The number of carboxylic acid groups (broad SMARTS) is 1. The molecule has 0 aromatic carbocycles. The molecule has 1 fully saturated rings. The molecule has 5 heteroatoms. The number of amides is 1. The number of hydrogen-bond acceptors (Lipinski definition) is 3. The van der Waals surface area contributed by atoms with Crippen LogP contribution in [0.1, 0.15) is 26.7 Å². The van der Waals surface area contributed by atoms with Crippen LogP contribution in [0.4, 0.5) is 0 Å². The fraction of sp³-hybridized carbons (Fsp3) is 0.818. The Balaban J connectivity index is 2.81. The summed E-state index contributed by atoms with van der Waals surface area (Å²) in [5.41, 5.74) is 0. The maximum absolute atomic E-state index is 11.9. The standard InChI is InChI=1S/C11H20N2O3/c1-4-8(2)13-6-5-12(3)11(16)9(13)7-10(14)15/h8-9H,4-7H2,1-3H3,(H,14,15). The van der Waals surface area contributed by atoms with E-state index in [-0.39, 0.29) is 18.4 Å². The van der Waals surface area contributed by atoms with Crippen LogP contribution in [-0.4, -0.2) is 59.0 Å². The van der Waals surface area contributed by atoms with Gasteiger partial charge in [-0.3, -0.25) is 14.5 Å². The van der Waals surface area contributed by atoms with Crippen molar-refractivity contribution < 1.29 is 14.7 Å². The first kappa shape index (κ1) is 13.0. The molecule has 0 radical (unpaired) electrons. The number of hydrogen-bond donors (Lipinski definition) is 1. The van der Waals surface area contributed by atoms with Crippen LogP contribution >= 0.6 is 0 Å². The fourth-order valence-corrected chi connectivity index (χ4v) is 2.06. The summed E-state index contributed by atoms with van der Waals surface area (Å²) in [6.07, 6.45) is 0.820. The lowest BCUT2D eigenvalue weighted by molar-refractivity contribution is -0.149. The molecule has 1 saturated heterocycles. The Bertz CT molecular complexity index is 280. The molecule has 1 amide bonds. The third kappa shape index (κ3) is 2.72. The lowest BCUT2D eigenvalue weighted by atomic mass is 10.0. The van der Waals surface area contributed by atoms with Gasteiger partial charge in [0.2, 0.25) is 5.91 Å². The summed E-state index contributed by atoms with van der Waals surface area (Å²) < 4.78 is 0. The van der Waals surface area contributed by atoms with E-state index in [1.807, 2.05) is 18.7 Å². The van der Waals surface area contributed by atoms with E-state index in [0.717, 1.165) is 13.0 Å². The van der Waals surface area contributed by atoms with Crippen molar-refractivity contribution >= 4 is 11.9 Å². The quantitative estimate of drug-likeness (QED) is 0.756. The molecule has 0 aromatic heterocycles. The Morgan fingerprint density at radius 2 is 2.19 bits per heavy atom. The highest BCUT2D eigenvalue weighted by Gasteiger charge is 2.36. The van der Waals surface area contributed by atoms with E-state index in [2.05, 4.69) is 0 Å². The molecule has 92 valence electrons. The van der Waals surface area contributed by atoms with Gasteiger partial charge in [-0.2, -0.15) is 0 Å². The van der Waals surface area contributed by atoms with Crippen molar-refractivity contribution in [3.8, 4) is 0 Å². The molecule has 1 aliphatic rings. The van der Waals surface area contributed by atoms with Gasteiger partial charge in [0.05, 0.1) is 6.42 Å². The molecule has 0 bridgehead atoms. The van der Waals surface area contributed by atoms with Gasteiger partial charge in [0.1, 0.15) is 6.04 Å². The molecule has 1 heterocycles. The topological polar surface area (TPSA) is 60.9 Å². The minimum Gasteiger partial charge on any atom is -0.481 e. The second kappa shape index (κ2) is 5.30. The number of nitrogens with zero attached hydrogens (tertiary/aromatic N) is 2. The number of carbonyl (C=O) groups is 2. The molecule has 0 spiro atoms. The fourth-order valence-electron chi connectivity index (χ4n) is 2.06. The van der Waals surface area contributed by atoms with Crippen LogP contribution in [0.15, 0.2) is 0 Å². The first-order valence-electron chi connectivity index (χ1n) is 5.69. The lowest BCUT2D eigenvalue weighted by Crippen LogP contribution is -2.58. The van der Waals surface area contributed by atoms with Crippen LogP contribution in [-0.2, 0) is 9.59 Å². The van der Waals surface area contributed by atoms with E-state index in [0.29, 0.717) is 6.54 Å². The van der Waals surface area contributed by atoms with Gasteiger partial charge < -0.3 is 10.0 Å². The average Bonchev–Trinajstić information content (AvgIpc) is 2.23. The van der Waals surface area contributed by atoms with Gasteiger partial charge in [-0.05, 0) is 13.3 Å². The van der Waals surface area contributed by atoms with Crippen molar-refractivity contribution in [3.05, 3.63) is 0 Å². The highest BCUT2D eigenvalue weighted by atomic mass is 16.4. The minimum absolute atomic E-state index is 0.0750. The van der Waals surface area contributed by atoms with Gasteiger partial charge in [0.15, 0.2) is 0 Å². The molecule has 16 heavy (non-hydrogen) atoms. The van der Waals surface area contributed by atoms with E-state index in [1.165, 1.54) is 0 Å². The monoisotopic (exact) mass is 228 g/mol. The maximum Gasteiger partial charge on any atom is 0.305 e. The number of aliphatic carboxylic acids is 1. The van der Waals surface area contributed by atoms with E-state index in [9.17, 15) is 9.59 Å². The van der Waals surface area contributed by atoms with E-state index >= 15 is 0 Å². The Hall–Kier alpha value is -1.10. The Labute approximate surface area is 96.0 Å². The van der Waals surface area contributed by atoms with E-state index in [4.69, 9.17) is 5.11 Å². The molecule has 1 N–H and O–H groups in total. The molecule has 0 saturated carbocycles. The highest BCUT2D eigenvalue weighted by molar-refractivity contribution is 5.86. The van der Waals surface area contributed by atoms with Crippen LogP contribution in [0.3, 0.4) is 0 Å². The van der Waals surface area contributed by atoms with Crippen LogP contribution in [0.25, 0.3) is 0 Å². The van der Waals surface area contributed by atoms with Crippen molar-refractivity contribution in [2.45, 2.75) is 38.8 Å². The molecule has 0 aliphatic carbocycles. The van der Waals surface area contributed by atoms with Crippen molar-refractivity contribution in [2.75, 3.05) is 20.1 Å². The summed E-state index contributed by atoms with van der Waals surface area (Å²) in [5.74, 6) is -0.990. The summed E-state index contributed by atoms with van der Waals surface area (Å²) in [7, 11) is 1.73. The summed E-state index contributed by atoms with van der Waals surface area (Å²) in [6.45, 7) is 5.52. The van der Waals surface area contributed by atoms with Crippen LogP contribution in [0.2, 0.25) is 0 Å².